The molecule has 0 aliphatic rings. The van der Waals surface area contributed by atoms with Gasteiger partial charge in [0, 0.05) is 24.8 Å². The van der Waals surface area contributed by atoms with Gasteiger partial charge in [-0.2, -0.15) is 0 Å². The summed E-state index contributed by atoms with van der Waals surface area (Å²) in [4.78, 5) is 21.5. The Hall–Kier alpha value is -4.01. The van der Waals surface area contributed by atoms with Crippen LogP contribution < -0.4 is 4.90 Å². The van der Waals surface area contributed by atoms with Crippen molar-refractivity contribution in [3.63, 3.8) is 0 Å². The second kappa shape index (κ2) is 8.02. The van der Waals surface area contributed by atoms with E-state index in [1.54, 1.807) is 19.1 Å². The van der Waals surface area contributed by atoms with Gasteiger partial charge < -0.3 is 4.52 Å². The molecule has 0 aliphatic heterocycles. The number of benzene rings is 2. The van der Waals surface area contributed by atoms with Crippen LogP contribution in [0.5, 0.6) is 0 Å². The van der Waals surface area contributed by atoms with E-state index in [2.05, 4.69) is 15.1 Å². The summed E-state index contributed by atoms with van der Waals surface area (Å²) >= 11 is 0. The zero-order valence-electron chi connectivity index (χ0n) is 16.4. The topological polar surface area (TPSA) is 72.1 Å². The lowest BCUT2D eigenvalue weighted by atomic mass is 10.0. The Morgan fingerprint density at radius 2 is 1.84 bits per heavy atom. The van der Waals surface area contributed by atoms with Gasteiger partial charge in [-0.15, -0.1) is 0 Å². The van der Waals surface area contributed by atoms with Crippen LogP contribution >= 0.6 is 0 Å². The van der Waals surface area contributed by atoms with Crippen LogP contribution in [-0.4, -0.2) is 21.0 Å². The van der Waals surface area contributed by atoms with Crippen LogP contribution in [0.2, 0.25) is 0 Å². The molecule has 156 valence electrons. The SMILES string of the molecule is CC(=O)N(c1ccc(F)cc1F)c1onc(-c2ccc(F)c(C)c2)c1-c1ccncn1. The number of carbonyl (C=O) groups is 1. The molecule has 2 heterocycles. The zero-order chi connectivity index (χ0) is 22.1. The molecule has 0 unspecified atom stereocenters. The molecule has 6 nitrogen and oxygen atoms in total. The zero-order valence-corrected chi connectivity index (χ0v) is 16.4. The summed E-state index contributed by atoms with van der Waals surface area (Å²) in [7, 11) is 0. The van der Waals surface area contributed by atoms with Crippen molar-refractivity contribution in [1.29, 1.82) is 0 Å². The fourth-order valence-corrected chi connectivity index (χ4v) is 3.18. The minimum absolute atomic E-state index is 0.117. The molecular weight excluding hydrogens is 409 g/mol. The molecule has 0 saturated heterocycles. The van der Waals surface area contributed by atoms with E-state index in [9.17, 15) is 18.0 Å². The van der Waals surface area contributed by atoms with Crippen molar-refractivity contribution in [3.8, 4) is 22.5 Å². The van der Waals surface area contributed by atoms with Gasteiger partial charge >= 0.3 is 0 Å². The fraction of sp³-hybridized carbons (Fsp3) is 0.0909. The first-order chi connectivity index (χ1) is 14.9. The monoisotopic (exact) mass is 424 g/mol. The summed E-state index contributed by atoms with van der Waals surface area (Å²) < 4.78 is 47.2. The van der Waals surface area contributed by atoms with Crippen molar-refractivity contribution in [2.75, 3.05) is 4.90 Å². The highest BCUT2D eigenvalue weighted by atomic mass is 19.1. The lowest BCUT2D eigenvalue weighted by Crippen LogP contribution is -2.24. The number of aromatic nitrogens is 3. The Balaban J connectivity index is 1.98. The molecule has 9 heteroatoms. The molecule has 2 aromatic carbocycles. The molecule has 0 aliphatic carbocycles. The maximum absolute atomic E-state index is 14.5. The van der Waals surface area contributed by atoms with Crippen LogP contribution in [0.4, 0.5) is 24.7 Å². The first-order valence-electron chi connectivity index (χ1n) is 9.15. The van der Waals surface area contributed by atoms with Crippen molar-refractivity contribution >= 4 is 17.5 Å². The van der Waals surface area contributed by atoms with Gasteiger partial charge in [-0.1, -0.05) is 5.16 Å². The van der Waals surface area contributed by atoms with Gasteiger partial charge in [0.25, 0.3) is 0 Å². The number of nitrogens with zero attached hydrogens (tertiary/aromatic N) is 4. The number of rotatable bonds is 4. The lowest BCUT2D eigenvalue weighted by Gasteiger charge is -2.19. The Morgan fingerprint density at radius 1 is 1.03 bits per heavy atom. The molecule has 0 atom stereocenters. The summed E-state index contributed by atoms with van der Waals surface area (Å²) in [5.74, 6) is -2.86. The third-order valence-electron chi connectivity index (χ3n) is 4.61. The van der Waals surface area contributed by atoms with Crippen LogP contribution in [0.3, 0.4) is 0 Å². The number of hydrogen-bond donors (Lipinski definition) is 0. The molecule has 0 fully saturated rings. The molecule has 0 N–H and O–H groups in total. The smallest absolute Gasteiger partial charge is 0.248 e. The average molecular weight is 424 g/mol. The number of aryl methyl sites for hydroxylation is 1. The number of anilines is 2. The fourth-order valence-electron chi connectivity index (χ4n) is 3.18. The van der Waals surface area contributed by atoms with Gasteiger partial charge in [0.05, 0.1) is 16.9 Å². The van der Waals surface area contributed by atoms with Crippen LogP contribution in [0.15, 0.2) is 59.5 Å². The first kappa shape index (κ1) is 20.3. The maximum Gasteiger partial charge on any atom is 0.248 e. The summed E-state index contributed by atoms with van der Waals surface area (Å²) in [6, 6.07) is 8.74. The van der Waals surface area contributed by atoms with Crippen molar-refractivity contribution in [2.24, 2.45) is 0 Å². The van der Waals surface area contributed by atoms with Gasteiger partial charge in [0.1, 0.15) is 29.5 Å². The van der Waals surface area contributed by atoms with E-state index >= 15 is 0 Å². The predicted molar refractivity (Wildman–Crippen MR) is 107 cm³/mol. The molecule has 0 radical (unpaired) electrons. The minimum atomic E-state index is -0.959. The first-order valence-corrected chi connectivity index (χ1v) is 9.15. The van der Waals surface area contributed by atoms with E-state index in [0.29, 0.717) is 22.9 Å². The van der Waals surface area contributed by atoms with Crippen molar-refractivity contribution < 1.29 is 22.5 Å². The van der Waals surface area contributed by atoms with Gasteiger partial charge in [-0.05, 0) is 48.9 Å². The van der Waals surface area contributed by atoms with Gasteiger partial charge in [-0.3, -0.25) is 4.79 Å². The second-order valence-corrected chi connectivity index (χ2v) is 6.72. The molecule has 1 amide bonds. The third-order valence-corrected chi connectivity index (χ3v) is 4.61. The molecule has 31 heavy (non-hydrogen) atoms. The number of hydrogen-bond acceptors (Lipinski definition) is 5. The molecule has 4 aromatic rings. The number of carbonyl (C=O) groups excluding carboxylic acids is 1. The van der Waals surface area contributed by atoms with E-state index in [4.69, 9.17) is 4.52 Å². The molecule has 2 aromatic heterocycles. The lowest BCUT2D eigenvalue weighted by molar-refractivity contribution is -0.116. The Labute approximate surface area is 175 Å². The van der Waals surface area contributed by atoms with E-state index in [0.717, 1.165) is 17.0 Å². The number of halogens is 3. The summed E-state index contributed by atoms with van der Waals surface area (Å²) in [5.41, 5.74) is 1.55. The minimum Gasteiger partial charge on any atom is -0.336 e. The normalized spacial score (nSPS) is 10.9. The Bertz CT molecular complexity index is 1280. The van der Waals surface area contributed by atoms with E-state index in [1.807, 2.05) is 0 Å². The average Bonchev–Trinajstić information content (AvgIpc) is 3.17. The van der Waals surface area contributed by atoms with Crippen molar-refractivity contribution in [2.45, 2.75) is 13.8 Å². The summed E-state index contributed by atoms with van der Waals surface area (Å²) in [6.45, 7) is 2.80. The largest absolute Gasteiger partial charge is 0.336 e. The standard InChI is InChI=1S/C22H15F3N4O2/c1-12-9-14(3-5-16(12)24)21-20(18-7-8-26-11-27-18)22(31-28-21)29(13(2)30)19-6-4-15(23)10-17(19)25/h3-11H,1-2H3. The Kier molecular flexibility index (Phi) is 5.24. The third kappa shape index (κ3) is 3.77. The summed E-state index contributed by atoms with van der Waals surface area (Å²) in [6.07, 6.45) is 2.78. The van der Waals surface area contributed by atoms with Gasteiger partial charge in [0.15, 0.2) is 0 Å². The van der Waals surface area contributed by atoms with Gasteiger partial charge in [-0.25, -0.2) is 28.0 Å². The van der Waals surface area contributed by atoms with Crippen molar-refractivity contribution in [1.82, 2.24) is 15.1 Å². The van der Waals surface area contributed by atoms with Crippen LogP contribution in [0.1, 0.15) is 12.5 Å². The highest BCUT2D eigenvalue weighted by Gasteiger charge is 2.30. The van der Waals surface area contributed by atoms with E-state index in [1.165, 1.54) is 31.6 Å². The van der Waals surface area contributed by atoms with Crippen molar-refractivity contribution in [3.05, 3.63) is 78.0 Å². The van der Waals surface area contributed by atoms with Crippen LogP contribution in [0.25, 0.3) is 22.5 Å². The quantitative estimate of drug-likeness (QED) is 0.450. The molecule has 0 bridgehead atoms. The predicted octanol–water partition coefficient (Wildman–Crippen LogP) is 5.21. The molecule has 4 rings (SSSR count). The Morgan fingerprint density at radius 3 is 2.48 bits per heavy atom. The summed E-state index contributed by atoms with van der Waals surface area (Å²) in [5, 5.41) is 4.06. The highest BCUT2D eigenvalue weighted by molar-refractivity contribution is 6.03. The van der Waals surface area contributed by atoms with E-state index in [-0.39, 0.29) is 22.8 Å². The van der Waals surface area contributed by atoms with Gasteiger partial charge in [0.2, 0.25) is 11.8 Å². The molecule has 0 spiro atoms. The highest BCUT2D eigenvalue weighted by Crippen LogP contribution is 2.42. The maximum atomic E-state index is 14.5. The van der Waals surface area contributed by atoms with E-state index < -0.39 is 23.4 Å². The second-order valence-electron chi connectivity index (χ2n) is 6.72. The molecular formula is C22H15F3N4O2. The van der Waals surface area contributed by atoms with Crippen LogP contribution in [0, 0.1) is 24.4 Å². The van der Waals surface area contributed by atoms with Crippen LogP contribution in [-0.2, 0) is 4.79 Å². The molecule has 0 saturated carbocycles. The number of amides is 1.